The number of aryl methyl sites for hydroxylation is 1. The molecule has 4 nitrogen and oxygen atoms in total. The zero-order valence-electron chi connectivity index (χ0n) is 13.5. The van der Waals surface area contributed by atoms with Gasteiger partial charge >= 0.3 is 0 Å². The van der Waals surface area contributed by atoms with Crippen LogP contribution in [0.4, 0.5) is 0 Å². The molecular formula is C19H19NO3. The molecule has 3 rings (SSSR count). The number of methoxy groups -OCH3 is 2. The van der Waals surface area contributed by atoms with E-state index in [0.717, 1.165) is 45.9 Å². The second-order valence-corrected chi connectivity index (χ2v) is 5.18. The van der Waals surface area contributed by atoms with E-state index in [-0.39, 0.29) is 0 Å². The molecule has 2 aromatic carbocycles. The Morgan fingerprint density at radius 3 is 2.61 bits per heavy atom. The Hall–Kier alpha value is -2.75. The maximum Gasteiger partial charge on any atom is 0.174 e. The molecule has 0 bridgehead atoms. The summed E-state index contributed by atoms with van der Waals surface area (Å²) in [4.78, 5) is 0. The van der Waals surface area contributed by atoms with E-state index < -0.39 is 0 Å². The Balaban J connectivity index is 2.07. The van der Waals surface area contributed by atoms with Gasteiger partial charge in [0.15, 0.2) is 5.76 Å². The van der Waals surface area contributed by atoms with Gasteiger partial charge in [-0.3, -0.25) is 0 Å². The fraction of sp³-hybridized carbons (Fsp3) is 0.211. The van der Waals surface area contributed by atoms with Crippen LogP contribution in [-0.4, -0.2) is 19.4 Å². The van der Waals surface area contributed by atoms with Crippen LogP contribution in [-0.2, 0) is 6.42 Å². The zero-order valence-corrected chi connectivity index (χ0v) is 13.5. The summed E-state index contributed by atoms with van der Waals surface area (Å²) in [7, 11) is 3.34. The number of rotatable bonds is 5. The first-order valence-corrected chi connectivity index (χ1v) is 7.53. The summed E-state index contributed by atoms with van der Waals surface area (Å²) in [6.45, 7) is 2.10. The third-order valence-electron chi connectivity index (χ3n) is 3.87. The molecule has 0 N–H and O–H groups in total. The average Bonchev–Trinajstić information content (AvgIpc) is 3.10. The van der Waals surface area contributed by atoms with Gasteiger partial charge in [-0.1, -0.05) is 24.2 Å². The summed E-state index contributed by atoms with van der Waals surface area (Å²) in [6, 6.07) is 13.9. The first-order chi connectivity index (χ1) is 11.3. The Morgan fingerprint density at radius 1 is 1.00 bits per heavy atom. The molecule has 0 fully saturated rings. The molecule has 1 heterocycles. The van der Waals surface area contributed by atoms with E-state index in [9.17, 15) is 0 Å². The van der Waals surface area contributed by atoms with Gasteiger partial charge in [0.2, 0.25) is 0 Å². The molecule has 0 aliphatic rings. The molecule has 4 heteroatoms. The minimum absolute atomic E-state index is 0.746. The molecule has 0 saturated heterocycles. The highest BCUT2D eigenvalue weighted by molar-refractivity contribution is 5.80. The Bertz CT molecular complexity index is 808. The van der Waals surface area contributed by atoms with Gasteiger partial charge in [-0.15, -0.1) is 0 Å². The van der Waals surface area contributed by atoms with Crippen LogP contribution < -0.4 is 9.47 Å². The minimum Gasteiger partial charge on any atom is -0.497 e. The van der Waals surface area contributed by atoms with Crippen molar-refractivity contribution in [2.45, 2.75) is 13.3 Å². The minimum atomic E-state index is 0.746. The maximum atomic E-state index is 5.52. The first kappa shape index (κ1) is 15.2. The number of hydrogen-bond donors (Lipinski definition) is 0. The Morgan fingerprint density at radius 2 is 1.87 bits per heavy atom. The topological polar surface area (TPSA) is 44.5 Å². The lowest BCUT2D eigenvalue weighted by Crippen LogP contribution is -1.91. The van der Waals surface area contributed by atoms with Crippen molar-refractivity contribution in [1.82, 2.24) is 5.16 Å². The van der Waals surface area contributed by atoms with Crippen molar-refractivity contribution in [3.05, 3.63) is 54.2 Å². The molecule has 0 aliphatic carbocycles. The van der Waals surface area contributed by atoms with Crippen molar-refractivity contribution in [2.24, 2.45) is 0 Å². The van der Waals surface area contributed by atoms with Crippen LogP contribution in [0.15, 0.2) is 53.2 Å². The van der Waals surface area contributed by atoms with Gasteiger partial charge in [-0.25, -0.2) is 0 Å². The standard InChI is InChI=1S/C19H19NO3/c1-4-13-10-15(8-9-18(13)22-3)19-17(12-20-23-19)14-6-5-7-16(11-14)21-2/h5-12H,4H2,1-3H3. The van der Waals surface area contributed by atoms with E-state index in [1.807, 2.05) is 36.4 Å². The number of ether oxygens (including phenoxy) is 2. The van der Waals surface area contributed by atoms with Crippen molar-refractivity contribution in [1.29, 1.82) is 0 Å². The fourth-order valence-corrected chi connectivity index (χ4v) is 2.64. The lowest BCUT2D eigenvalue weighted by atomic mass is 10.00. The van der Waals surface area contributed by atoms with E-state index in [2.05, 4.69) is 18.1 Å². The predicted octanol–water partition coefficient (Wildman–Crippen LogP) is 4.59. The summed E-state index contributed by atoms with van der Waals surface area (Å²) in [6.07, 6.45) is 2.62. The molecule has 0 radical (unpaired) electrons. The second kappa shape index (κ2) is 6.57. The molecule has 3 aromatic rings. The zero-order chi connectivity index (χ0) is 16.2. The van der Waals surface area contributed by atoms with Gasteiger partial charge in [0.05, 0.1) is 20.4 Å². The number of hydrogen-bond acceptors (Lipinski definition) is 4. The van der Waals surface area contributed by atoms with Crippen LogP contribution in [0.25, 0.3) is 22.5 Å². The van der Waals surface area contributed by atoms with Crippen LogP contribution in [0.2, 0.25) is 0 Å². The highest BCUT2D eigenvalue weighted by Gasteiger charge is 2.15. The molecular weight excluding hydrogens is 290 g/mol. The molecule has 118 valence electrons. The average molecular weight is 309 g/mol. The smallest absolute Gasteiger partial charge is 0.174 e. The van der Waals surface area contributed by atoms with E-state index in [4.69, 9.17) is 14.0 Å². The largest absolute Gasteiger partial charge is 0.497 e. The van der Waals surface area contributed by atoms with Gasteiger partial charge in [0.1, 0.15) is 11.5 Å². The van der Waals surface area contributed by atoms with Gasteiger partial charge in [0.25, 0.3) is 0 Å². The van der Waals surface area contributed by atoms with Crippen LogP contribution in [0.1, 0.15) is 12.5 Å². The van der Waals surface area contributed by atoms with Gasteiger partial charge in [-0.05, 0) is 47.9 Å². The van der Waals surface area contributed by atoms with Gasteiger partial charge in [0, 0.05) is 11.1 Å². The molecule has 0 amide bonds. The highest BCUT2D eigenvalue weighted by atomic mass is 16.5. The van der Waals surface area contributed by atoms with E-state index in [1.165, 1.54) is 0 Å². The van der Waals surface area contributed by atoms with Crippen molar-refractivity contribution >= 4 is 0 Å². The van der Waals surface area contributed by atoms with Crippen molar-refractivity contribution in [2.75, 3.05) is 14.2 Å². The molecule has 0 spiro atoms. The lowest BCUT2D eigenvalue weighted by Gasteiger charge is -2.09. The SMILES string of the molecule is CCc1cc(-c2oncc2-c2cccc(OC)c2)ccc1OC. The van der Waals surface area contributed by atoms with Crippen LogP contribution in [0.3, 0.4) is 0 Å². The quantitative estimate of drug-likeness (QED) is 0.691. The van der Waals surface area contributed by atoms with Gasteiger partial charge < -0.3 is 14.0 Å². The van der Waals surface area contributed by atoms with Crippen molar-refractivity contribution in [3.8, 4) is 33.9 Å². The summed E-state index contributed by atoms with van der Waals surface area (Å²) in [5.41, 5.74) is 4.07. The third kappa shape index (κ3) is 2.93. The van der Waals surface area contributed by atoms with Gasteiger partial charge in [-0.2, -0.15) is 0 Å². The number of aromatic nitrogens is 1. The van der Waals surface area contributed by atoms with Crippen molar-refractivity contribution in [3.63, 3.8) is 0 Å². The Labute approximate surface area is 135 Å². The predicted molar refractivity (Wildman–Crippen MR) is 89.9 cm³/mol. The molecule has 0 saturated carbocycles. The fourth-order valence-electron chi connectivity index (χ4n) is 2.64. The number of benzene rings is 2. The lowest BCUT2D eigenvalue weighted by molar-refractivity contribution is 0.410. The van der Waals surface area contributed by atoms with E-state index >= 15 is 0 Å². The first-order valence-electron chi connectivity index (χ1n) is 7.53. The molecule has 0 unspecified atom stereocenters. The molecule has 23 heavy (non-hydrogen) atoms. The van der Waals surface area contributed by atoms with Crippen LogP contribution in [0.5, 0.6) is 11.5 Å². The van der Waals surface area contributed by atoms with Crippen LogP contribution >= 0.6 is 0 Å². The van der Waals surface area contributed by atoms with E-state index in [1.54, 1.807) is 20.4 Å². The number of nitrogens with zero attached hydrogens (tertiary/aromatic N) is 1. The van der Waals surface area contributed by atoms with Crippen LogP contribution in [0, 0.1) is 0 Å². The second-order valence-electron chi connectivity index (χ2n) is 5.18. The summed E-state index contributed by atoms with van der Waals surface area (Å²) < 4.78 is 16.2. The summed E-state index contributed by atoms with van der Waals surface area (Å²) in [5, 5.41) is 3.98. The summed E-state index contributed by atoms with van der Waals surface area (Å²) in [5.74, 6) is 2.44. The molecule has 0 atom stereocenters. The molecule has 0 aliphatic heterocycles. The summed E-state index contributed by atoms with van der Waals surface area (Å²) >= 11 is 0. The normalized spacial score (nSPS) is 10.6. The maximum absolute atomic E-state index is 5.52. The third-order valence-corrected chi connectivity index (χ3v) is 3.87. The Kier molecular flexibility index (Phi) is 4.33. The monoisotopic (exact) mass is 309 g/mol. The van der Waals surface area contributed by atoms with E-state index in [0.29, 0.717) is 0 Å². The van der Waals surface area contributed by atoms with Crippen molar-refractivity contribution < 1.29 is 14.0 Å². The molecule has 1 aromatic heterocycles. The highest BCUT2D eigenvalue weighted by Crippen LogP contribution is 2.35.